The van der Waals surface area contributed by atoms with Crippen molar-refractivity contribution in [2.45, 2.75) is 38.5 Å². The number of ether oxygens (including phenoxy) is 1. The van der Waals surface area contributed by atoms with Crippen LogP contribution in [0.5, 0.6) is 5.75 Å². The number of sulfonamides is 1. The number of unbranched alkanes of at least 4 members (excludes halogenated alkanes) is 1. The zero-order valence-corrected chi connectivity index (χ0v) is 23.4. The molecule has 0 aliphatic heterocycles. The summed E-state index contributed by atoms with van der Waals surface area (Å²) in [5.41, 5.74) is 3.18. The van der Waals surface area contributed by atoms with E-state index in [-0.39, 0.29) is 15.9 Å². The van der Waals surface area contributed by atoms with Crippen LogP contribution in [-0.2, 0) is 10.0 Å². The van der Waals surface area contributed by atoms with Crippen molar-refractivity contribution in [1.29, 1.82) is 0 Å². The van der Waals surface area contributed by atoms with Crippen LogP contribution in [0.1, 0.15) is 41.3 Å². The van der Waals surface area contributed by atoms with Gasteiger partial charge in [0.15, 0.2) is 5.11 Å². The van der Waals surface area contributed by atoms with Gasteiger partial charge in [-0.15, -0.1) is 0 Å². The van der Waals surface area contributed by atoms with E-state index in [1.165, 1.54) is 12.1 Å². The summed E-state index contributed by atoms with van der Waals surface area (Å²) >= 11 is 8.68. The molecule has 3 aromatic carbocycles. The first-order chi connectivity index (χ1) is 17.1. The maximum absolute atomic E-state index is 12.8. The van der Waals surface area contributed by atoms with Gasteiger partial charge in [-0.05, 0) is 102 Å². The highest BCUT2D eigenvalue weighted by Gasteiger charge is 2.17. The van der Waals surface area contributed by atoms with Crippen LogP contribution >= 0.6 is 28.1 Å². The zero-order valence-electron chi connectivity index (χ0n) is 20.2. The molecule has 0 aliphatic carbocycles. The van der Waals surface area contributed by atoms with Crippen LogP contribution < -0.4 is 20.1 Å². The summed E-state index contributed by atoms with van der Waals surface area (Å²) < 4.78 is 34.7. The largest absolute Gasteiger partial charge is 0.492 e. The quantitative estimate of drug-likeness (QED) is 0.204. The molecular weight excluding hydrogens is 562 g/mol. The number of thiocarbonyl (C=S) groups is 1. The number of aryl methyl sites for hydroxylation is 2. The van der Waals surface area contributed by atoms with Crippen LogP contribution in [-0.4, -0.2) is 26.0 Å². The average molecular weight is 591 g/mol. The molecule has 0 atom stereocenters. The van der Waals surface area contributed by atoms with Crippen LogP contribution in [0.25, 0.3) is 0 Å². The Bertz CT molecular complexity index is 1340. The lowest BCUT2D eigenvalue weighted by Gasteiger charge is -2.14. The number of nitrogens with one attached hydrogen (secondary N) is 3. The third-order valence-electron chi connectivity index (χ3n) is 5.32. The number of carbonyl (C=O) groups is 1. The number of hydrogen-bond acceptors (Lipinski definition) is 5. The molecule has 0 bridgehead atoms. The molecular formula is C26H28BrN3O4S2. The number of amides is 1. The standard InChI is InChI=1S/C26H28BrN3O4S2/c1-4-5-15-34-23-14-9-19(16-22(23)27)25(31)29-26(35)28-20-10-12-21(13-11-20)36(32,33)30-24-17(2)7-6-8-18(24)3/h6-14,16,30H,4-5,15H2,1-3H3,(H2,28,29,31,35). The minimum absolute atomic E-state index is 0.0867. The predicted octanol–water partition coefficient (Wildman–Crippen LogP) is 6.17. The van der Waals surface area contributed by atoms with Gasteiger partial charge in [0.25, 0.3) is 15.9 Å². The van der Waals surface area contributed by atoms with Crippen molar-refractivity contribution in [2.75, 3.05) is 16.6 Å². The molecule has 10 heteroatoms. The molecule has 3 N–H and O–H groups in total. The van der Waals surface area contributed by atoms with Gasteiger partial charge in [0.1, 0.15) is 5.75 Å². The number of rotatable bonds is 9. The van der Waals surface area contributed by atoms with Gasteiger partial charge in [-0.25, -0.2) is 8.42 Å². The summed E-state index contributed by atoms with van der Waals surface area (Å²) in [6.45, 7) is 6.39. The molecule has 3 aromatic rings. The molecule has 0 saturated heterocycles. The van der Waals surface area contributed by atoms with E-state index in [0.29, 0.717) is 33.8 Å². The predicted molar refractivity (Wildman–Crippen MR) is 151 cm³/mol. The summed E-state index contributed by atoms with van der Waals surface area (Å²) in [6.07, 6.45) is 1.98. The summed E-state index contributed by atoms with van der Waals surface area (Å²) in [7, 11) is -3.77. The van der Waals surface area contributed by atoms with Gasteiger partial charge in [-0.3, -0.25) is 14.8 Å². The van der Waals surface area contributed by atoms with Crippen molar-refractivity contribution < 1.29 is 17.9 Å². The zero-order chi connectivity index (χ0) is 26.3. The van der Waals surface area contributed by atoms with E-state index >= 15 is 0 Å². The molecule has 190 valence electrons. The molecule has 0 radical (unpaired) electrons. The lowest BCUT2D eigenvalue weighted by molar-refractivity contribution is 0.0977. The molecule has 0 heterocycles. The lowest BCUT2D eigenvalue weighted by Crippen LogP contribution is -2.34. The number of halogens is 1. The average Bonchev–Trinajstić information content (AvgIpc) is 2.83. The Morgan fingerprint density at radius 3 is 2.31 bits per heavy atom. The van der Waals surface area contributed by atoms with Gasteiger partial charge in [0.05, 0.1) is 21.7 Å². The summed E-state index contributed by atoms with van der Waals surface area (Å²) in [4.78, 5) is 12.7. The van der Waals surface area contributed by atoms with Gasteiger partial charge >= 0.3 is 0 Å². The van der Waals surface area contributed by atoms with Gasteiger partial charge in [0, 0.05) is 11.3 Å². The second kappa shape index (κ2) is 12.3. The van der Waals surface area contributed by atoms with Crippen molar-refractivity contribution in [3.05, 3.63) is 81.8 Å². The number of carbonyl (C=O) groups excluding carboxylic acids is 1. The third-order valence-corrected chi connectivity index (χ3v) is 7.51. The maximum Gasteiger partial charge on any atom is 0.261 e. The number of para-hydroxylation sites is 1. The van der Waals surface area contributed by atoms with E-state index in [4.69, 9.17) is 17.0 Å². The van der Waals surface area contributed by atoms with Crippen molar-refractivity contribution in [2.24, 2.45) is 0 Å². The smallest absolute Gasteiger partial charge is 0.261 e. The summed E-state index contributed by atoms with van der Waals surface area (Å²) in [6, 6.07) is 16.7. The Morgan fingerprint density at radius 2 is 1.69 bits per heavy atom. The second-order valence-corrected chi connectivity index (χ2v) is 11.1. The van der Waals surface area contributed by atoms with Crippen LogP contribution in [0.15, 0.2) is 70.0 Å². The minimum Gasteiger partial charge on any atom is -0.492 e. The van der Waals surface area contributed by atoms with E-state index in [9.17, 15) is 13.2 Å². The first kappa shape index (κ1) is 27.6. The Balaban J connectivity index is 1.61. The Morgan fingerprint density at radius 1 is 1.03 bits per heavy atom. The highest BCUT2D eigenvalue weighted by Crippen LogP contribution is 2.27. The Hall–Kier alpha value is -2.95. The van der Waals surface area contributed by atoms with E-state index in [1.807, 2.05) is 32.0 Å². The molecule has 0 aromatic heterocycles. The molecule has 0 saturated carbocycles. The SMILES string of the molecule is CCCCOc1ccc(C(=O)NC(=S)Nc2ccc(S(=O)(=O)Nc3c(C)cccc3C)cc2)cc1Br. The number of anilines is 2. The van der Waals surface area contributed by atoms with E-state index < -0.39 is 10.0 Å². The van der Waals surface area contributed by atoms with Crippen LogP contribution in [0, 0.1) is 13.8 Å². The molecule has 0 spiro atoms. The van der Waals surface area contributed by atoms with Gasteiger partial charge < -0.3 is 10.1 Å². The van der Waals surface area contributed by atoms with Gasteiger partial charge in [0.2, 0.25) is 0 Å². The molecule has 0 aliphatic rings. The molecule has 1 amide bonds. The first-order valence-corrected chi connectivity index (χ1v) is 14.0. The summed E-state index contributed by atoms with van der Waals surface area (Å²) in [5.74, 6) is 0.285. The fourth-order valence-electron chi connectivity index (χ4n) is 3.31. The minimum atomic E-state index is -3.77. The van der Waals surface area contributed by atoms with E-state index in [1.54, 1.807) is 30.3 Å². The monoisotopic (exact) mass is 589 g/mol. The van der Waals surface area contributed by atoms with E-state index in [2.05, 4.69) is 38.2 Å². The van der Waals surface area contributed by atoms with Gasteiger partial charge in [-0.1, -0.05) is 31.5 Å². The molecule has 3 rings (SSSR count). The number of benzene rings is 3. The van der Waals surface area contributed by atoms with Crippen molar-refractivity contribution in [3.8, 4) is 5.75 Å². The second-order valence-electron chi connectivity index (χ2n) is 8.15. The maximum atomic E-state index is 12.8. The molecule has 36 heavy (non-hydrogen) atoms. The highest BCUT2D eigenvalue weighted by atomic mass is 79.9. The third kappa shape index (κ3) is 7.28. The van der Waals surface area contributed by atoms with E-state index in [0.717, 1.165) is 24.0 Å². The van der Waals surface area contributed by atoms with Crippen LogP contribution in [0.4, 0.5) is 11.4 Å². The highest BCUT2D eigenvalue weighted by molar-refractivity contribution is 9.10. The fraction of sp³-hybridized carbons (Fsp3) is 0.231. The normalized spacial score (nSPS) is 11.0. The number of hydrogen-bond donors (Lipinski definition) is 3. The lowest BCUT2D eigenvalue weighted by atomic mass is 10.1. The topological polar surface area (TPSA) is 96.5 Å². The van der Waals surface area contributed by atoms with Crippen molar-refractivity contribution >= 4 is 60.6 Å². The Kier molecular flexibility index (Phi) is 9.47. The Labute approximate surface area is 225 Å². The van der Waals surface area contributed by atoms with Crippen molar-refractivity contribution in [1.82, 2.24) is 5.32 Å². The van der Waals surface area contributed by atoms with Gasteiger partial charge in [-0.2, -0.15) is 0 Å². The molecule has 7 nitrogen and oxygen atoms in total. The van der Waals surface area contributed by atoms with Crippen molar-refractivity contribution in [3.63, 3.8) is 0 Å². The van der Waals surface area contributed by atoms with Crippen LogP contribution in [0.3, 0.4) is 0 Å². The first-order valence-electron chi connectivity index (χ1n) is 11.3. The fourth-order valence-corrected chi connectivity index (χ4v) is 5.22. The molecule has 0 fully saturated rings. The summed E-state index contributed by atoms with van der Waals surface area (Å²) in [5, 5.41) is 5.61. The van der Waals surface area contributed by atoms with Crippen LogP contribution in [0.2, 0.25) is 0 Å². The molecule has 0 unspecified atom stereocenters.